The highest BCUT2D eigenvalue weighted by molar-refractivity contribution is 7.90. The minimum atomic E-state index is -4.21. The van der Waals surface area contributed by atoms with Gasteiger partial charge in [-0.1, -0.05) is 36.4 Å². The number of pyridine rings is 1. The number of sulfonamides is 1. The molecular weight excluding hydrogens is 392 g/mol. The first-order valence-corrected chi connectivity index (χ1v) is 9.99. The number of carbonyl (C=O) groups excluding carboxylic acids is 1. The number of H-pyrrole nitrogens is 1. The van der Waals surface area contributed by atoms with E-state index in [-0.39, 0.29) is 16.0 Å². The molecule has 0 aliphatic heterocycles. The van der Waals surface area contributed by atoms with Crippen LogP contribution < -0.4 is 10.3 Å². The van der Waals surface area contributed by atoms with Gasteiger partial charge >= 0.3 is 0 Å². The predicted octanol–water partition coefficient (Wildman–Crippen LogP) is 2.10. The Kier molecular flexibility index (Phi) is 4.65. The highest BCUT2D eigenvalue weighted by Gasteiger charge is 2.21. The molecule has 0 unspecified atom stereocenters. The van der Waals surface area contributed by atoms with Crippen molar-refractivity contribution < 1.29 is 13.2 Å². The van der Waals surface area contributed by atoms with Crippen molar-refractivity contribution in [2.24, 2.45) is 0 Å². The van der Waals surface area contributed by atoms with Crippen LogP contribution >= 0.6 is 0 Å². The Bertz CT molecular complexity index is 1380. The minimum Gasteiger partial charge on any atom is -0.313 e. The fourth-order valence-electron chi connectivity index (χ4n) is 2.78. The molecule has 2 heterocycles. The Labute approximate surface area is 165 Å². The van der Waals surface area contributed by atoms with Crippen LogP contribution in [-0.4, -0.2) is 29.3 Å². The average Bonchev–Trinajstić information content (AvgIpc) is 2.74. The van der Waals surface area contributed by atoms with Crippen molar-refractivity contribution in [1.29, 1.82) is 0 Å². The standard InChI is InChI=1S/C20H14N4O4S/c25-19-15-11-14(9-10-17(15)21-12-22-19)29(27,28)24-20(26)18-8-4-7-16(23-18)13-5-2-1-3-6-13/h1-12H,(H,24,26)(H,21,22,25). The lowest BCUT2D eigenvalue weighted by molar-refractivity contribution is 0.0976. The zero-order valence-corrected chi connectivity index (χ0v) is 15.7. The summed E-state index contributed by atoms with van der Waals surface area (Å²) >= 11 is 0. The Balaban J connectivity index is 1.64. The monoisotopic (exact) mass is 406 g/mol. The van der Waals surface area contributed by atoms with Crippen molar-refractivity contribution in [3.8, 4) is 11.3 Å². The van der Waals surface area contributed by atoms with Crippen molar-refractivity contribution in [3.63, 3.8) is 0 Å². The molecule has 0 atom stereocenters. The van der Waals surface area contributed by atoms with Crippen molar-refractivity contribution >= 4 is 26.8 Å². The largest absolute Gasteiger partial charge is 0.313 e. The topological polar surface area (TPSA) is 122 Å². The van der Waals surface area contributed by atoms with E-state index in [0.717, 1.165) is 5.56 Å². The van der Waals surface area contributed by atoms with Crippen LogP contribution in [0.15, 0.2) is 82.7 Å². The second-order valence-electron chi connectivity index (χ2n) is 6.12. The Morgan fingerprint density at radius 3 is 2.55 bits per heavy atom. The van der Waals surface area contributed by atoms with Crippen molar-refractivity contribution in [2.75, 3.05) is 0 Å². The molecule has 0 aliphatic rings. The maximum atomic E-state index is 12.6. The van der Waals surface area contributed by atoms with Gasteiger partial charge in [-0.15, -0.1) is 0 Å². The van der Waals surface area contributed by atoms with Gasteiger partial charge in [-0.25, -0.2) is 23.1 Å². The molecule has 9 heteroatoms. The maximum Gasteiger partial charge on any atom is 0.283 e. The third-order valence-electron chi connectivity index (χ3n) is 4.20. The third-order valence-corrected chi connectivity index (χ3v) is 5.53. The third kappa shape index (κ3) is 3.76. The lowest BCUT2D eigenvalue weighted by Crippen LogP contribution is -2.31. The SMILES string of the molecule is O=C(NS(=O)(=O)c1ccc2nc[nH]c(=O)c2c1)c1cccc(-c2ccccc2)n1. The summed E-state index contributed by atoms with van der Waals surface area (Å²) in [5.41, 5.74) is 1.16. The van der Waals surface area contributed by atoms with Crippen LogP contribution in [-0.2, 0) is 10.0 Å². The number of aromatic nitrogens is 3. The quantitative estimate of drug-likeness (QED) is 0.535. The van der Waals surface area contributed by atoms with Crippen LogP contribution in [0, 0.1) is 0 Å². The molecular formula is C20H14N4O4S. The molecule has 29 heavy (non-hydrogen) atoms. The van der Waals surface area contributed by atoms with E-state index in [1.54, 1.807) is 12.1 Å². The fraction of sp³-hybridized carbons (Fsp3) is 0. The Morgan fingerprint density at radius 1 is 0.966 bits per heavy atom. The lowest BCUT2D eigenvalue weighted by Gasteiger charge is -2.08. The van der Waals surface area contributed by atoms with Gasteiger partial charge in [0.1, 0.15) is 5.69 Å². The summed E-state index contributed by atoms with van der Waals surface area (Å²) in [6, 6.07) is 17.8. The number of nitrogens with one attached hydrogen (secondary N) is 2. The van der Waals surface area contributed by atoms with Gasteiger partial charge in [0, 0.05) is 5.56 Å². The average molecular weight is 406 g/mol. The predicted molar refractivity (Wildman–Crippen MR) is 107 cm³/mol. The Morgan fingerprint density at radius 2 is 1.76 bits per heavy atom. The van der Waals surface area contributed by atoms with E-state index in [2.05, 4.69) is 15.0 Å². The number of aromatic amines is 1. The molecule has 2 aromatic heterocycles. The van der Waals surface area contributed by atoms with Crippen molar-refractivity contribution in [1.82, 2.24) is 19.7 Å². The summed E-state index contributed by atoms with van der Waals surface area (Å²) in [4.78, 5) is 34.8. The van der Waals surface area contributed by atoms with Gasteiger partial charge in [-0.3, -0.25) is 9.59 Å². The molecule has 0 saturated heterocycles. The fourth-order valence-corrected chi connectivity index (χ4v) is 3.77. The molecule has 8 nitrogen and oxygen atoms in total. The first kappa shape index (κ1) is 18.5. The summed E-state index contributed by atoms with van der Waals surface area (Å²) < 4.78 is 27.3. The summed E-state index contributed by atoms with van der Waals surface area (Å²) in [6.45, 7) is 0. The molecule has 0 aliphatic carbocycles. The highest BCUT2D eigenvalue weighted by atomic mass is 32.2. The number of amides is 1. The molecule has 0 spiro atoms. The second-order valence-corrected chi connectivity index (χ2v) is 7.80. The normalized spacial score (nSPS) is 11.3. The summed E-state index contributed by atoms with van der Waals surface area (Å²) in [6.07, 6.45) is 1.23. The van der Waals surface area contributed by atoms with E-state index in [1.165, 1.54) is 30.6 Å². The van der Waals surface area contributed by atoms with Crippen LogP contribution in [0.25, 0.3) is 22.2 Å². The van der Waals surface area contributed by atoms with Gasteiger partial charge in [0.05, 0.1) is 27.8 Å². The van der Waals surface area contributed by atoms with Crippen molar-refractivity contribution in [2.45, 2.75) is 4.90 Å². The zero-order chi connectivity index (χ0) is 20.4. The molecule has 144 valence electrons. The van der Waals surface area contributed by atoms with Gasteiger partial charge in [0.15, 0.2) is 0 Å². The van der Waals surface area contributed by atoms with Gasteiger partial charge in [-0.05, 0) is 30.3 Å². The van der Waals surface area contributed by atoms with E-state index in [0.29, 0.717) is 11.2 Å². The summed E-state index contributed by atoms with van der Waals surface area (Å²) in [5.74, 6) is -0.872. The molecule has 0 bridgehead atoms. The summed E-state index contributed by atoms with van der Waals surface area (Å²) in [7, 11) is -4.21. The number of carbonyl (C=O) groups is 1. The first-order valence-electron chi connectivity index (χ1n) is 8.51. The van der Waals surface area contributed by atoms with Gasteiger partial charge in [0.25, 0.3) is 21.5 Å². The molecule has 0 saturated carbocycles. The van der Waals surface area contributed by atoms with E-state index < -0.39 is 21.5 Å². The maximum absolute atomic E-state index is 12.6. The number of fused-ring (bicyclic) bond motifs is 1. The number of rotatable bonds is 4. The second kappa shape index (κ2) is 7.28. The van der Waals surface area contributed by atoms with Crippen LogP contribution in [0.3, 0.4) is 0 Å². The summed E-state index contributed by atoms with van der Waals surface area (Å²) in [5, 5.41) is 0.104. The lowest BCUT2D eigenvalue weighted by atomic mass is 10.1. The molecule has 0 radical (unpaired) electrons. The van der Waals surface area contributed by atoms with E-state index in [1.807, 2.05) is 35.1 Å². The Hall–Kier alpha value is -3.85. The molecule has 2 N–H and O–H groups in total. The molecule has 4 rings (SSSR count). The van der Waals surface area contributed by atoms with Crippen molar-refractivity contribution in [3.05, 3.63) is 89.1 Å². The highest BCUT2D eigenvalue weighted by Crippen LogP contribution is 2.18. The number of hydrogen-bond donors (Lipinski definition) is 2. The molecule has 2 aromatic carbocycles. The van der Waals surface area contributed by atoms with Gasteiger partial charge < -0.3 is 4.98 Å². The van der Waals surface area contributed by atoms with E-state index in [4.69, 9.17) is 0 Å². The van der Waals surface area contributed by atoms with Gasteiger partial charge in [0.2, 0.25) is 0 Å². The first-order chi connectivity index (χ1) is 13.9. The molecule has 4 aromatic rings. The van der Waals surface area contributed by atoms with Crippen LogP contribution in [0.2, 0.25) is 0 Å². The van der Waals surface area contributed by atoms with Gasteiger partial charge in [-0.2, -0.15) is 0 Å². The van der Waals surface area contributed by atoms with Crippen LogP contribution in [0.5, 0.6) is 0 Å². The van der Waals surface area contributed by atoms with Crippen LogP contribution in [0.1, 0.15) is 10.5 Å². The number of hydrogen-bond acceptors (Lipinski definition) is 6. The number of benzene rings is 2. The molecule has 1 amide bonds. The van der Waals surface area contributed by atoms with E-state index >= 15 is 0 Å². The molecule has 0 fully saturated rings. The van der Waals surface area contributed by atoms with E-state index in [9.17, 15) is 18.0 Å². The zero-order valence-electron chi connectivity index (χ0n) is 14.9. The number of nitrogens with zero attached hydrogens (tertiary/aromatic N) is 2. The smallest absolute Gasteiger partial charge is 0.283 e. The van der Waals surface area contributed by atoms with Crippen LogP contribution in [0.4, 0.5) is 0 Å². The minimum absolute atomic E-state index is 0.0461.